The van der Waals surface area contributed by atoms with Crippen molar-refractivity contribution in [2.45, 2.75) is 13.5 Å². The standard InChI is InChI=1S/C6H9ClN4O/c1-4-5(7)2-9-11(4)3-6(12)10-8/h2H,3,8H2,1H3,(H,10,12). The highest BCUT2D eigenvalue weighted by Gasteiger charge is 2.06. The number of carbonyl (C=O) groups excluding carboxylic acids is 1. The molecule has 1 rings (SSSR count). The van der Waals surface area contributed by atoms with E-state index >= 15 is 0 Å². The zero-order chi connectivity index (χ0) is 9.14. The Hall–Kier alpha value is -1.07. The lowest BCUT2D eigenvalue weighted by Gasteiger charge is -2.01. The van der Waals surface area contributed by atoms with Gasteiger partial charge in [0.15, 0.2) is 0 Å². The van der Waals surface area contributed by atoms with Gasteiger partial charge in [-0.25, -0.2) is 5.84 Å². The molecule has 1 aromatic rings. The minimum Gasteiger partial charge on any atom is -0.293 e. The van der Waals surface area contributed by atoms with Gasteiger partial charge in [-0.05, 0) is 6.92 Å². The number of nitrogens with zero attached hydrogens (tertiary/aromatic N) is 2. The third-order valence-electron chi connectivity index (χ3n) is 1.50. The average molecular weight is 189 g/mol. The number of hydrazine groups is 1. The number of carbonyl (C=O) groups is 1. The van der Waals surface area contributed by atoms with Crippen LogP contribution in [0.5, 0.6) is 0 Å². The third kappa shape index (κ3) is 1.75. The quantitative estimate of drug-likeness (QED) is 0.385. The minimum absolute atomic E-state index is 0.0923. The van der Waals surface area contributed by atoms with Gasteiger partial charge in [-0.15, -0.1) is 0 Å². The molecule has 12 heavy (non-hydrogen) atoms. The zero-order valence-electron chi connectivity index (χ0n) is 6.54. The molecular formula is C6H9ClN4O. The number of halogens is 1. The van der Waals surface area contributed by atoms with Gasteiger partial charge < -0.3 is 0 Å². The molecule has 1 heterocycles. The zero-order valence-corrected chi connectivity index (χ0v) is 7.30. The molecule has 66 valence electrons. The number of rotatable bonds is 2. The van der Waals surface area contributed by atoms with E-state index < -0.39 is 0 Å². The van der Waals surface area contributed by atoms with Crippen molar-refractivity contribution in [1.29, 1.82) is 0 Å². The maximum absolute atomic E-state index is 10.8. The molecule has 0 spiro atoms. The molecule has 0 fully saturated rings. The van der Waals surface area contributed by atoms with Crippen LogP contribution in [0.25, 0.3) is 0 Å². The molecule has 5 nitrogen and oxygen atoms in total. The van der Waals surface area contributed by atoms with Gasteiger partial charge in [0.2, 0.25) is 0 Å². The van der Waals surface area contributed by atoms with Crippen molar-refractivity contribution in [3.05, 3.63) is 16.9 Å². The molecular weight excluding hydrogens is 180 g/mol. The van der Waals surface area contributed by atoms with Crippen molar-refractivity contribution in [3.8, 4) is 0 Å². The van der Waals surface area contributed by atoms with Crippen LogP contribution >= 0.6 is 11.6 Å². The normalized spacial score (nSPS) is 9.92. The summed E-state index contributed by atoms with van der Waals surface area (Å²) in [7, 11) is 0. The lowest BCUT2D eigenvalue weighted by atomic mass is 10.5. The summed E-state index contributed by atoms with van der Waals surface area (Å²) >= 11 is 5.71. The molecule has 0 saturated carbocycles. The third-order valence-corrected chi connectivity index (χ3v) is 1.87. The maximum Gasteiger partial charge on any atom is 0.255 e. The van der Waals surface area contributed by atoms with Gasteiger partial charge in [-0.1, -0.05) is 11.6 Å². The average Bonchev–Trinajstić information content (AvgIpc) is 2.36. The number of amides is 1. The molecule has 0 aromatic carbocycles. The number of hydrogen-bond acceptors (Lipinski definition) is 3. The van der Waals surface area contributed by atoms with Gasteiger partial charge in [0, 0.05) is 0 Å². The SMILES string of the molecule is Cc1c(Cl)cnn1CC(=O)NN. The van der Waals surface area contributed by atoms with Crippen molar-refractivity contribution >= 4 is 17.5 Å². The molecule has 0 aliphatic carbocycles. The van der Waals surface area contributed by atoms with E-state index in [1.807, 2.05) is 5.43 Å². The van der Waals surface area contributed by atoms with Crippen LogP contribution < -0.4 is 11.3 Å². The summed E-state index contributed by atoms with van der Waals surface area (Å²) in [4.78, 5) is 10.8. The first-order valence-corrected chi connectivity index (χ1v) is 3.70. The molecule has 0 saturated heterocycles. The highest BCUT2D eigenvalue weighted by molar-refractivity contribution is 6.31. The molecule has 0 bridgehead atoms. The van der Waals surface area contributed by atoms with E-state index in [-0.39, 0.29) is 12.5 Å². The van der Waals surface area contributed by atoms with E-state index in [0.29, 0.717) is 5.02 Å². The summed E-state index contributed by atoms with van der Waals surface area (Å²) < 4.78 is 1.48. The van der Waals surface area contributed by atoms with Crippen LogP contribution in [0.2, 0.25) is 5.02 Å². The predicted molar refractivity (Wildman–Crippen MR) is 44.3 cm³/mol. The summed E-state index contributed by atoms with van der Waals surface area (Å²) in [5.74, 6) is 4.60. The Bertz CT molecular complexity index is 296. The summed E-state index contributed by atoms with van der Waals surface area (Å²) in [6, 6.07) is 0. The van der Waals surface area contributed by atoms with Crippen LogP contribution in [0, 0.1) is 6.92 Å². The number of nitrogens with one attached hydrogen (secondary N) is 1. The van der Waals surface area contributed by atoms with Gasteiger partial charge in [-0.3, -0.25) is 14.9 Å². The first-order valence-electron chi connectivity index (χ1n) is 3.32. The molecule has 0 radical (unpaired) electrons. The van der Waals surface area contributed by atoms with Gasteiger partial charge >= 0.3 is 0 Å². The van der Waals surface area contributed by atoms with Crippen LogP contribution in [0.4, 0.5) is 0 Å². The van der Waals surface area contributed by atoms with Gasteiger partial charge in [0.25, 0.3) is 5.91 Å². The lowest BCUT2D eigenvalue weighted by molar-refractivity contribution is -0.121. The molecule has 0 unspecified atom stereocenters. The van der Waals surface area contributed by atoms with Gasteiger partial charge in [-0.2, -0.15) is 5.10 Å². The number of hydrogen-bond donors (Lipinski definition) is 2. The van der Waals surface area contributed by atoms with Crippen LogP contribution in [0.15, 0.2) is 6.20 Å². The van der Waals surface area contributed by atoms with Gasteiger partial charge in [0.1, 0.15) is 6.54 Å². The molecule has 1 amide bonds. The van der Waals surface area contributed by atoms with E-state index in [2.05, 4.69) is 5.10 Å². The largest absolute Gasteiger partial charge is 0.293 e. The molecule has 3 N–H and O–H groups in total. The van der Waals surface area contributed by atoms with E-state index in [1.165, 1.54) is 10.9 Å². The molecule has 0 aliphatic rings. The van der Waals surface area contributed by atoms with E-state index in [4.69, 9.17) is 17.4 Å². The van der Waals surface area contributed by atoms with Crippen LogP contribution in [0.1, 0.15) is 5.69 Å². The number of nitrogens with two attached hydrogens (primary N) is 1. The van der Waals surface area contributed by atoms with Crippen molar-refractivity contribution in [2.75, 3.05) is 0 Å². The monoisotopic (exact) mass is 188 g/mol. The Morgan fingerprint density at radius 3 is 3.00 bits per heavy atom. The Balaban J connectivity index is 2.76. The van der Waals surface area contributed by atoms with E-state index in [9.17, 15) is 4.79 Å². The van der Waals surface area contributed by atoms with E-state index in [1.54, 1.807) is 6.92 Å². The fourth-order valence-electron chi connectivity index (χ4n) is 0.765. The van der Waals surface area contributed by atoms with Crippen molar-refractivity contribution in [1.82, 2.24) is 15.2 Å². The molecule has 1 aromatic heterocycles. The summed E-state index contributed by atoms with van der Waals surface area (Å²) in [5, 5.41) is 4.41. The Labute approximate surface area is 74.5 Å². The molecule has 0 atom stereocenters. The van der Waals surface area contributed by atoms with Crippen LogP contribution in [-0.4, -0.2) is 15.7 Å². The van der Waals surface area contributed by atoms with Crippen molar-refractivity contribution < 1.29 is 4.79 Å². The second-order valence-electron chi connectivity index (χ2n) is 2.30. The van der Waals surface area contributed by atoms with Gasteiger partial charge in [0.05, 0.1) is 16.9 Å². The second-order valence-corrected chi connectivity index (χ2v) is 2.71. The highest BCUT2D eigenvalue weighted by Crippen LogP contribution is 2.12. The lowest BCUT2D eigenvalue weighted by Crippen LogP contribution is -2.33. The topological polar surface area (TPSA) is 72.9 Å². The van der Waals surface area contributed by atoms with E-state index in [0.717, 1.165) is 5.69 Å². The maximum atomic E-state index is 10.8. The first kappa shape index (κ1) is 9.02. The Kier molecular flexibility index (Phi) is 2.67. The Morgan fingerprint density at radius 1 is 1.92 bits per heavy atom. The second kappa shape index (κ2) is 3.55. The fraction of sp³-hybridized carbons (Fsp3) is 0.333. The minimum atomic E-state index is -0.308. The van der Waals surface area contributed by atoms with Crippen LogP contribution in [-0.2, 0) is 11.3 Å². The fourth-order valence-corrected chi connectivity index (χ4v) is 0.906. The smallest absolute Gasteiger partial charge is 0.255 e. The molecule has 6 heteroatoms. The van der Waals surface area contributed by atoms with Crippen molar-refractivity contribution in [2.24, 2.45) is 5.84 Å². The summed E-state index contributed by atoms with van der Waals surface area (Å²) in [5.41, 5.74) is 2.76. The first-order chi connectivity index (χ1) is 5.65. The number of aromatic nitrogens is 2. The predicted octanol–water partition coefficient (Wildman–Crippen LogP) is -0.165. The Morgan fingerprint density at radius 2 is 2.58 bits per heavy atom. The molecule has 0 aliphatic heterocycles. The van der Waals surface area contributed by atoms with Crippen LogP contribution in [0.3, 0.4) is 0 Å². The van der Waals surface area contributed by atoms with Crippen molar-refractivity contribution in [3.63, 3.8) is 0 Å². The summed E-state index contributed by atoms with van der Waals surface area (Å²) in [6.45, 7) is 1.87. The summed E-state index contributed by atoms with van der Waals surface area (Å²) in [6.07, 6.45) is 1.49. The highest BCUT2D eigenvalue weighted by atomic mass is 35.5.